The molecule has 0 aromatic carbocycles. The number of carbonyl (C=O) groups excluding carboxylic acids is 2. The molecule has 0 spiro atoms. The molecule has 1 heterocycles. The molecule has 28 heavy (non-hydrogen) atoms. The highest BCUT2D eigenvalue weighted by Crippen LogP contribution is 2.32. The van der Waals surface area contributed by atoms with Gasteiger partial charge >= 0.3 is 5.97 Å². The third kappa shape index (κ3) is 5.22. The topological polar surface area (TPSA) is 72.8 Å². The van der Waals surface area contributed by atoms with Crippen molar-refractivity contribution in [1.82, 2.24) is 0 Å². The van der Waals surface area contributed by atoms with Crippen LogP contribution in [0.4, 0.5) is 0 Å². The molecule has 1 fully saturated rings. The van der Waals surface area contributed by atoms with Gasteiger partial charge in [0.05, 0.1) is 5.60 Å². The van der Waals surface area contributed by atoms with Gasteiger partial charge in [-0.25, -0.2) is 0 Å². The Morgan fingerprint density at radius 1 is 1.36 bits per heavy atom. The second kappa shape index (κ2) is 8.91. The van der Waals surface area contributed by atoms with Crippen LogP contribution in [-0.2, 0) is 19.1 Å². The second-order valence-corrected chi connectivity index (χ2v) is 8.18. The van der Waals surface area contributed by atoms with E-state index in [2.05, 4.69) is 6.92 Å². The zero-order chi connectivity index (χ0) is 20.1. The van der Waals surface area contributed by atoms with E-state index in [0.29, 0.717) is 31.0 Å². The maximum Gasteiger partial charge on any atom is 0.321 e. The summed E-state index contributed by atoms with van der Waals surface area (Å²) in [5, 5.41) is 10.4. The van der Waals surface area contributed by atoms with E-state index in [0.717, 1.165) is 37.7 Å². The molecule has 0 aromatic heterocycles. The number of aliphatic hydroxyl groups is 1. The predicted molar refractivity (Wildman–Crippen MR) is 106 cm³/mol. The molecule has 3 atom stereocenters. The Balaban J connectivity index is 1.49. The molecular weight excluding hydrogens is 356 g/mol. The van der Waals surface area contributed by atoms with Crippen LogP contribution in [0.25, 0.3) is 0 Å². The molecule has 5 heteroatoms. The van der Waals surface area contributed by atoms with Crippen molar-refractivity contribution in [2.24, 2.45) is 11.8 Å². The van der Waals surface area contributed by atoms with E-state index in [-0.39, 0.29) is 11.7 Å². The summed E-state index contributed by atoms with van der Waals surface area (Å²) in [6.07, 6.45) is 14.6. The number of Topliss-reactive ketones (excluding diaryl/α,β-unsaturated/α-hetero) is 1. The monoisotopic (exact) mass is 386 g/mol. The fourth-order valence-electron chi connectivity index (χ4n) is 3.85. The minimum Gasteiger partial charge on any atom is -0.489 e. The molecule has 1 aliphatic heterocycles. The fraction of sp³-hybridized carbons (Fsp3) is 0.565. The van der Waals surface area contributed by atoms with Crippen LogP contribution in [-0.4, -0.2) is 29.1 Å². The van der Waals surface area contributed by atoms with Gasteiger partial charge < -0.3 is 14.6 Å². The number of unbranched alkanes of at least 4 members (excludes halogenated alkanes) is 2. The number of rotatable bonds is 8. The Morgan fingerprint density at radius 2 is 2.18 bits per heavy atom. The number of fused-ring (bicyclic) bond motifs is 1. The smallest absolute Gasteiger partial charge is 0.321 e. The Labute approximate surface area is 166 Å². The first-order valence-corrected chi connectivity index (χ1v) is 10.3. The maximum absolute atomic E-state index is 12.5. The second-order valence-electron chi connectivity index (χ2n) is 8.18. The first-order chi connectivity index (χ1) is 13.4. The predicted octanol–water partition coefficient (Wildman–Crippen LogP) is 4.14. The number of esters is 1. The van der Waals surface area contributed by atoms with E-state index in [1.54, 1.807) is 12.2 Å². The van der Waals surface area contributed by atoms with Gasteiger partial charge in [0.1, 0.15) is 29.8 Å². The Morgan fingerprint density at radius 3 is 2.89 bits per heavy atom. The van der Waals surface area contributed by atoms with Crippen LogP contribution in [0.1, 0.15) is 58.8 Å². The fourth-order valence-corrected chi connectivity index (χ4v) is 3.85. The lowest BCUT2D eigenvalue weighted by molar-refractivity contribution is -0.149. The van der Waals surface area contributed by atoms with Crippen LogP contribution < -0.4 is 0 Å². The van der Waals surface area contributed by atoms with Crippen LogP contribution >= 0.6 is 0 Å². The molecule has 3 aliphatic rings. The summed E-state index contributed by atoms with van der Waals surface area (Å²) in [6, 6.07) is 0. The number of hydrogen-bond acceptors (Lipinski definition) is 5. The average Bonchev–Trinajstić information content (AvgIpc) is 3.21. The van der Waals surface area contributed by atoms with Crippen molar-refractivity contribution in [3.05, 3.63) is 47.5 Å². The number of carbonyl (C=O) groups is 2. The summed E-state index contributed by atoms with van der Waals surface area (Å²) >= 11 is 0. The van der Waals surface area contributed by atoms with Crippen LogP contribution in [0.5, 0.6) is 0 Å². The van der Waals surface area contributed by atoms with Gasteiger partial charge in [-0.05, 0) is 44.3 Å². The molecule has 152 valence electrons. The maximum atomic E-state index is 12.5. The molecule has 3 unspecified atom stereocenters. The zero-order valence-electron chi connectivity index (χ0n) is 16.8. The first kappa shape index (κ1) is 20.6. The number of allylic oxidation sites excluding steroid dienone is 3. The minimum absolute atomic E-state index is 0.0694. The molecule has 1 N–H and O–H groups in total. The van der Waals surface area contributed by atoms with Crippen molar-refractivity contribution < 1.29 is 24.2 Å². The summed E-state index contributed by atoms with van der Waals surface area (Å²) in [5.74, 6) is -0.0526. The molecule has 0 radical (unpaired) electrons. The van der Waals surface area contributed by atoms with Crippen molar-refractivity contribution in [2.75, 3.05) is 6.61 Å². The molecule has 1 saturated carbocycles. The van der Waals surface area contributed by atoms with Gasteiger partial charge in [-0.15, -0.1) is 0 Å². The van der Waals surface area contributed by atoms with E-state index in [4.69, 9.17) is 9.47 Å². The van der Waals surface area contributed by atoms with E-state index >= 15 is 0 Å². The van der Waals surface area contributed by atoms with Gasteiger partial charge in [-0.3, -0.25) is 9.59 Å². The van der Waals surface area contributed by atoms with Crippen molar-refractivity contribution in [1.29, 1.82) is 0 Å². The van der Waals surface area contributed by atoms with Gasteiger partial charge in [0.2, 0.25) is 0 Å². The van der Waals surface area contributed by atoms with Crippen molar-refractivity contribution in [2.45, 2.75) is 64.4 Å². The highest BCUT2D eigenvalue weighted by molar-refractivity contribution is 6.00. The number of ketones is 1. The van der Waals surface area contributed by atoms with Crippen LogP contribution in [0.15, 0.2) is 47.5 Å². The molecular formula is C23H30O5. The van der Waals surface area contributed by atoms with E-state index in [9.17, 15) is 14.7 Å². The van der Waals surface area contributed by atoms with Gasteiger partial charge in [-0.1, -0.05) is 38.3 Å². The molecule has 0 amide bonds. The molecule has 3 rings (SSSR count). The molecule has 0 saturated heterocycles. The van der Waals surface area contributed by atoms with Crippen molar-refractivity contribution in [3.8, 4) is 0 Å². The Kier molecular flexibility index (Phi) is 6.55. The van der Waals surface area contributed by atoms with Gasteiger partial charge in [-0.2, -0.15) is 0 Å². The van der Waals surface area contributed by atoms with Gasteiger partial charge in [0.15, 0.2) is 0 Å². The molecule has 2 aliphatic carbocycles. The lowest BCUT2D eigenvalue weighted by Crippen LogP contribution is -2.32. The quantitative estimate of drug-likeness (QED) is 0.294. The molecule has 5 nitrogen and oxygen atoms in total. The lowest BCUT2D eigenvalue weighted by atomic mass is 9.80. The van der Waals surface area contributed by atoms with E-state index in [1.807, 2.05) is 25.2 Å². The summed E-state index contributed by atoms with van der Waals surface area (Å²) < 4.78 is 10.8. The SMILES string of the molecule is CCCCCC(C)(O)C=CC1CCC(C(=O)OC2=CC3=CCOC3=C2)C(=O)C1. The van der Waals surface area contributed by atoms with Crippen molar-refractivity contribution in [3.63, 3.8) is 0 Å². The number of ether oxygens (including phenoxy) is 2. The van der Waals surface area contributed by atoms with Gasteiger partial charge in [0.25, 0.3) is 0 Å². The Hall–Kier alpha value is -2.14. The number of hydrogen-bond donors (Lipinski definition) is 1. The summed E-state index contributed by atoms with van der Waals surface area (Å²) in [7, 11) is 0. The van der Waals surface area contributed by atoms with Crippen LogP contribution in [0.2, 0.25) is 0 Å². The standard InChI is InChI=1S/C23H30O5/c1-3-4-5-10-23(2,26)11-8-16-6-7-19(20(24)13-16)22(25)28-18-14-17-9-12-27-21(17)15-18/h8-9,11,14-16,19,26H,3-7,10,12-13H2,1-2H3. The third-order valence-corrected chi connectivity index (χ3v) is 5.59. The largest absolute Gasteiger partial charge is 0.489 e. The lowest BCUT2D eigenvalue weighted by Gasteiger charge is -2.25. The Bertz CT molecular complexity index is 738. The molecule has 0 aromatic rings. The van der Waals surface area contributed by atoms with Crippen LogP contribution in [0.3, 0.4) is 0 Å². The highest BCUT2D eigenvalue weighted by Gasteiger charge is 2.35. The zero-order valence-corrected chi connectivity index (χ0v) is 16.8. The average molecular weight is 386 g/mol. The van der Waals surface area contributed by atoms with E-state index in [1.165, 1.54) is 0 Å². The summed E-state index contributed by atoms with van der Waals surface area (Å²) in [6.45, 7) is 4.49. The normalized spacial score (nSPS) is 26.2. The highest BCUT2D eigenvalue weighted by atomic mass is 16.5. The summed E-state index contributed by atoms with van der Waals surface area (Å²) in [4.78, 5) is 24.9. The third-order valence-electron chi connectivity index (χ3n) is 5.59. The van der Waals surface area contributed by atoms with Gasteiger partial charge in [0, 0.05) is 18.1 Å². The van der Waals surface area contributed by atoms with Crippen LogP contribution in [0, 0.1) is 11.8 Å². The first-order valence-electron chi connectivity index (χ1n) is 10.3. The van der Waals surface area contributed by atoms with Crippen molar-refractivity contribution >= 4 is 11.8 Å². The van der Waals surface area contributed by atoms with E-state index < -0.39 is 17.5 Å². The minimum atomic E-state index is -0.842. The molecule has 0 bridgehead atoms. The summed E-state index contributed by atoms with van der Waals surface area (Å²) in [5.41, 5.74) is 0.0830.